The third kappa shape index (κ3) is 4.87. The van der Waals surface area contributed by atoms with Crippen LogP contribution in [0.3, 0.4) is 0 Å². The van der Waals surface area contributed by atoms with Gasteiger partial charge in [0.2, 0.25) is 5.91 Å². The quantitative estimate of drug-likeness (QED) is 0.842. The van der Waals surface area contributed by atoms with Crippen LogP contribution < -0.4 is 5.32 Å². The lowest BCUT2D eigenvalue weighted by atomic mass is 9.99. The Morgan fingerprint density at radius 2 is 1.94 bits per heavy atom. The number of carboxylic acid groups (broad SMARTS) is 1. The van der Waals surface area contributed by atoms with E-state index in [1.54, 1.807) is 24.3 Å². The minimum Gasteiger partial charge on any atom is -0.481 e. The number of rotatable bonds is 5. The van der Waals surface area contributed by atoms with Crippen LogP contribution in [-0.4, -0.2) is 23.5 Å². The maximum atomic E-state index is 11.0. The van der Waals surface area contributed by atoms with Crippen LogP contribution in [0.2, 0.25) is 5.02 Å². The average Bonchev–Trinajstić information content (AvgIpc) is 2.26. The highest BCUT2D eigenvalue weighted by molar-refractivity contribution is 6.30. The predicted molar refractivity (Wildman–Crippen MR) is 65.0 cm³/mol. The van der Waals surface area contributed by atoms with E-state index in [2.05, 4.69) is 5.32 Å². The zero-order valence-electron chi connectivity index (χ0n) is 9.44. The maximum Gasteiger partial charge on any atom is 0.308 e. The Hall–Kier alpha value is -1.55. The average molecular weight is 256 g/mol. The molecule has 5 heteroatoms. The Bertz CT molecular complexity index is 403. The molecule has 0 saturated carbocycles. The fourth-order valence-electron chi connectivity index (χ4n) is 1.42. The molecule has 1 unspecified atom stereocenters. The van der Waals surface area contributed by atoms with E-state index in [1.807, 2.05) is 0 Å². The molecule has 92 valence electrons. The second kappa shape index (κ2) is 6.25. The number of nitrogens with one attached hydrogen (secondary N) is 1. The van der Waals surface area contributed by atoms with Crippen LogP contribution in [0.1, 0.15) is 12.5 Å². The lowest BCUT2D eigenvalue weighted by molar-refractivity contribution is -0.141. The van der Waals surface area contributed by atoms with E-state index in [-0.39, 0.29) is 12.5 Å². The van der Waals surface area contributed by atoms with Gasteiger partial charge in [-0.3, -0.25) is 9.59 Å². The van der Waals surface area contributed by atoms with Crippen molar-refractivity contribution in [1.29, 1.82) is 0 Å². The summed E-state index contributed by atoms with van der Waals surface area (Å²) in [7, 11) is 0. The number of carbonyl (C=O) groups is 2. The number of carboxylic acids is 1. The summed E-state index contributed by atoms with van der Waals surface area (Å²) in [6.45, 7) is 1.49. The molecule has 4 nitrogen and oxygen atoms in total. The Kier molecular flexibility index (Phi) is 4.97. The molecule has 0 fully saturated rings. The van der Waals surface area contributed by atoms with E-state index in [1.165, 1.54) is 6.92 Å². The number of benzene rings is 1. The molecular formula is C12H14ClNO3. The van der Waals surface area contributed by atoms with Gasteiger partial charge in [-0.25, -0.2) is 0 Å². The molecule has 1 aromatic carbocycles. The first-order valence-corrected chi connectivity index (χ1v) is 5.58. The van der Waals surface area contributed by atoms with Gasteiger partial charge in [0, 0.05) is 18.5 Å². The van der Waals surface area contributed by atoms with E-state index < -0.39 is 11.9 Å². The fraction of sp³-hybridized carbons (Fsp3) is 0.333. The van der Waals surface area contributed by atoms with Crippen molar-refractivity contribution in [2.45, 2.75) is 13.3 Å². The van der Waals surface area contributed by atoms with Gasteiger partial charge >= 0.3 is 5.97 Å². The van der Waals surface area contributed by atoms with E-state index >= 15 is 0 Å². The maximum absolute atomic E-state index is 11.0. The Morgan fingerprint density at radius 3 is 2.41 bits per heavy atom. The van der Waals surface area contributed by atoms with Crippen LogP contribution in [0.15, 0.2) is 24.3 Å². The van der Waals surface area contributed by atoms with Gasteiger partial charge in [0.15, 0.2) is 0 Å². The lowest BCUT2D eigenvalue weighted by Gasteiger charge is -2.12. The van der Waals surface area contributed by atoms with Gasteiger partial charge in [0.05, 0.1) is 5.92 Å². The predicted octanol–water partition coefficient (Wildman–Crippen LogP) is 1.72. The molecule has 1 rings (SSSR count). The summed E-state index contributed by atoms with van der Waals surface area (Å²) >= 11 is 5.74. The van der Waals surface area contributed by atoms with Crippen LogP contribution in [0.5, 0.6) is 0 Å². The minimum absolute atomic E-state index is 0.132. The molecule has 0 saturated heterocycles. The SMILES string of the molecule is CC(=O)NCC(Cc1ccc(Cl)cc1)C(=O)O. The molecule has 0 bridgehead atoms. The molecule has 1 atom stereocenters. The van der Waals surface area contributed by atoms with Gasteiger partial charge in [-0.1, -0.05) is 23.7 Å². The summed E-state index contributed by atoms with van der Waals surface area (Å²) in [5, 5.41) is 12.2. The molecule has 1 aromatic rings. The van der Waals surface area contributed by atoms with Crippen LogP contribution in [-0.2, 0) is 16.0 Å². The van der Waals surface area contributed by atoms with Crippen molar-refractivity contribution >= 4 is 23.5 Å². The minimum atomic E-state index is -0.922. The van der Waals surface area contributed by atoms with Crippen LogP contribution in [0.25, 0.3) is 0 Å². The van der Waals surface area contributed by atoms with Crippen molar-refractivity contribution < 1.29 is 14.7 Å². The van der Waals surface area contributed by atoms with Crippen molar-refractivity contribution in [2.75, 3.05) is 6.54 Å². The monoisotopic (exact) mass is 255 g/mol. The first kappa shape index (κ1) is 13.5. The van der Waals surface area contributed by atoms with E-state index in [4.69, 9.17) is 16.7 Å². The molecule has 2 N–H and O–H groups in total. The third-order valence-electron chi connectivity index (χ3n) is 2.34. The van der Waals surface area contributed by atoms with Gasteiger partial charge < -0.3 is 10.4 Å². The first-order valence-electron chi connectivity index (χ1n) is 5.20. The Balaban J connectivity index is 2.63. The smallest absolute Gasteiger partial charge is 0.308 e. The first-order chi connectivity index (χ1) is 7.99. The molecule has 0 aliphatic carbocycles. The number of aliphatic carboxylic acids is 1. The molecule has 0 radical (unpaired) electrons. The van der Waals surface area contributed by atoms with E-state index in [9.17, 15) is 9.59 Å². The van der Waals surface area contributed by atoms with Gasteiger partial charge in [0.25, 0.3) is 0 Å². The Morgan fingerprint density at radius 1 is 1.35 bits per heavy atom. The molecule has 17 heavy (non-hydrogen) atoms. The number of carbonyl (C=O) groups excluding carboxylic acids is 1. The second-order valence-electron chi connectivity index (χ2n) is 3.80. The van der Waals surface area contributed by atoms with Crippen molar-refractivity contribution in [3.8, 4) is 0 Å². The van der Waals surface area contributed by atoms with Crippen molar-refractivity contribution in [3.05, 3.63) is 34.9 Å². The number of hydrogen-bond acceptors (Lipinski definition) is 2. The fourth-order valence-corrected chi connectivity index (χ4v) is 1.54. The number of halogens is 1. The highest BCUT2D eigenvalue weighted by atomic mass is 35.5. The van der Waals surface area contributed by atoms with Gasteiger partial charge in [-0.2, -0.15) is 0 Å². The van der Waals surface area contributed by atoms with Crippen LogP contribution >= 0.6 is 11.6 Å². The van der Waals surface area contributed by atoms with Gasteiger partial charge in [0.1, 0.15) is 0 Å². The zero-order valence-corrected chi connectivity index (χ0v) is 10.2. The molecule has 0 aromatic heterocycles. The molecule has 0 aliphatic heterocycles. The largest absolute Gasteiger partial charge is 0.481 e. The number of amides is 1. The summed E-state index contributed by atoms with van der Waals surface area (Å²) in [4.78, 5) is 21.8. The lowest BCUT2D eigenvalue weighted by Crippen LogP contribution is -2.32. The molecule has 0 spiro atoms. The standard InChI is InChI=1S/C12H14ClNO3/c1-8(15)14-7-10(12(16)17)6-9-2-4-11(13)5-3-9/h2-5,10H,6-7H2,1H3,(H,14,15)(H,16,17). The van der Waals surface area contributed by atoms with Crippen molar-refractivity contribution in [2.24, 2.45) is 5.92 Å². The highest BCUT2D eigenvalue weighted by Crippen LogP contribution is 2.13. The molecular weight excluding hydrogens is 242 g/mol. The van der Waals surface area contributed by atoms with E-state index in [0.29, 0.717) is 11.4 Å². The topological polar surface area (TPSA) is 66.4 Å². The van der Waals surface area contributed by atoms with Crippen molar-refractivity contribution in [3.63, 3.8) is 0 Å². The van der Waals surface area contributed by atoms with Crippen LogP contribution in [0, 0.1) is 5.92 Å². The summed E-state index contributed by atoms with van der Waals surface area (Å²) in [6, 6.07) is 7.00. The summed E-state index contributed by atoms with van der Waals surface area (Å²) < 4.78 is 0. The molecule has 0 aliphatic rings. The van der Waals surface area contributed by atoms with Crippen LogP contribution in [0.4, 0.5) is 0 Å². The van der Waals surface area contributed by atoms with Crippen molar-refractivity contribution in [1.82, 2.24) is 5.32 Å². The van der Waals surface area contributed by atoms with Gasteiger partial charge in [-0.15, -0.1) is 0 Å². The summed E-state index contributed by atoms with van der Waals surface area (Å²) in [5.41, 5.74) is 0.882. The number of hydrogen-bond donors (Lipinski definition) is 2. The third-order valence-corrected chi connectivity index (χ3v) is 2.59. The highest BCUT2D eigenvalue weighted by Gasteiger charge is 2.18. The summed E-state index contributed by atoms with van der Waals surface area (Å²) in [6.07, 6.45) is 0.368. The zero-order chi connectivity index (χ0) is 12.8. The second-order valence-corrected chi connectivity index (χ2v) is 4.24. The molecule has 1 amide bonds. The van der Waals surface area contributed by atoms with Gasteiger partial charge in [-0.05, 0) is 24.1 Å². The van der Waals surface area contributed by atoms with E-state index in [0.717, 1.165) is 5.56 Å². The normalized spacial score (nSPS) is 11.9. The summed E-state index contributed by atoms with van der Waals surface area (Å²) in [5.74, 6) is -1.78. The Labute approximate surface area is 105 Å². The molecule has 0 heterocycles.